The summed E-state index contributed by atoms with van der Waals surface area (Å²) in [5, 5.41) is 12.5. The molecule has 1 aromatic heterocycles. The van der Waals surface area contributed by atoms with Crippen molar-refractivity contribution in [3.8, 4) is 6.07 Å². The zero-order valence-electron chi connectivity index (χ0n) is 9.48. The van der Waals surface area contributed by atoms with Gasteiger partial charge in [-0.3, -0.25) is 4.68 Å². The number of sulfonamides is 1. The highest BCUT2D eigenvalue weighted by atomic mass is 32.2. The smallest absolute Gasteiger partial charge is 0.225 e. The summed E-state index contributed by atoms with van der Waals surface area (Å²) in [6.07, 6.45) is 0. The van der Waals surface area contributed by atoms with Crippen LogP contribution < -0.4 is 4.72 Å². The van der Waals surface area contributed by atoms with Gasteiger partial charge in [-0.15, -0.1) is 0 Å². The lowest BCUT2D eigenvalue weighted by Crippen LogP contribution is -2.25. The van der Waals surface area contributed by atoms with Crippen molar-refractivity contribution >= 4 is 10.0 Å². The lowest BCUT2D eigenvalue weighted by atomic mass is 10.2. The molecule has 0 bridgehead atoms. The van der Waals surface area contributed by atoms with E-state index in [2.05, 4.69) is 9.82 Å². The van der Waals surface area contributed by atoms with Crippen molar-refractivity contribution in [1.29, 1.82) is 5.26 Å². The molecule has 0 aromatic carbocycles. The van der Waals surface area contributed by atoms with Crippen LogP contribution in [0.3, 0.4) is 0 Å². The average Bonchev–Trinajstić information content (AvgIpc) is 2.39. The molecule has 6 nitrogen and oxygen atoms in total. The van der Waals surface area contributed by atoms with E-state index in [-0.39, 0.29) is 6.54 Å². The molecule has 0 radical (unpaired) electrons. The van der Waals surface area contributed by atoms with E-state index in [1.807, 2.05) is 13.8 Å². The van der Waals surface area contributed by atoms with Crippen LogP contribution in [0.25, 0.3) is 0 Å². The molecule has 0 amide bonds. The molecule has 16 heavy (non-hydrogen) atoms. The van der Waals surface area contributed by atoms with E-state index in [0.29, 0.717) is 0 Å². The second kappa shape index (κ2) is 4.63. The van der Waals surface area contributed by atoms with Gasteiger partial charge in [0.05, 0.1) is 11.8 Å². The molecule has 1 rings (SSSR count). The summed E-state index contributed by atoms with van der Waals surface area (Å²) in [6.45, 7) is 3.87. The second-order valence-electron chi connectivity index (χ2n) is 3.51. The van der Waals surface area contributed by atoms with Gasteiger partial charge in [-0.05, 0) is 13.8 Å². The Balaban J connectivity index is 2.80. The summed E-state index contributed by atoms with van der Waals surface area (Å²) < 4.78 is 26.6. The predicted molar refractivity (Wildman–Crippen MR) is 58.9 cm³/mol. The molecular weight excluding hydrogens is 228 g/mol. The van der Waals surface area contributed by atoms with Crippen molar-refractivity contribution in [2.75, 3.05) is 5.75 Å². The molecule has 88 valence electrons. The van der Waals surface area contributed by atoms with Crippen LogP contribution in [0.5, 0.6) is 0 Å². The zero-order valence-corrected chi connectivity index (χ0v) is 10.3. The minimum Gasteiger partial charge on any atom is -0.272 e. The minimum absolute atomic E-state index is 0.176. The van der Waals surface area contributed by atoms with Gasteiger partial charge < -0.3 is 0 Å². The Labute approximate surface area is 94.9 Å². The highest BCUT2D eigenvalue weighted by Gasteiger charge is 2.13. The fourth-order valence-electron chi connectivity index (χ4n) is 1.39. The number of nitriles is 1. The van der Waals surface area contributed by atoms with Gasteiger partial charge in [0.15, 0.2) is 5.75 Å². The van der Waals surface area contributed by atoms with Crippen LogP contribution in [0.15, 0.2) is 0 Å². The third-order valence-electron chi connectivity index (χ3n) is 2.38. The Morgan fingerprint density at radius 1 is 1.50 bits per heavy atom. The summed E-state index contributed by atoms with van der Waals surface area (Å²) >= 11 is 0. The topological polar surface area (TPSA) is 87.8 Å². The quantitative estimate of drug-likeness (QED) is 0.803. The SMILES string of the molecule is Cc1nn(C)c(C)c1CNS(=O)(=O)CC#N. The molecule has 0 atom stereocenters. The standard InChI is InChI=1S/C9H14N4O2S/c1-7-9(8(2)13(3)12-7)6-11-16(14,15)5-4-10/h11H,5-6H2,1-3H3. The molecule has 0 spiro atoms. The summed E-state index contributed by atoms with van der Waals surface area (Å²) in [7, 11) is -1.70. The van der Waals surface area contributed by atoms with E-state index >= 15 is 0 Å². The van der Waals surface area contributed by atoms with Gasteiger partial charge >= 0.3 is 0 Å². The van der Waals surface area contributed by atoms with Gasteiger partial charge in [0.2, 0.25) is 10.0 Å². The lowest BCUT2D eigenvalue weighted by molar-refractivity contribution is 0.584. The molecular formula is C9H14N4O2S. The fourth-order valence-corrected chi connectivity index (χ4v) is 2.03. The monoisotopic (exact) mass is 242 g/mol. The number of aryl methyl sites for hydroxylation is 2. The molecule has 1 aromatic rings. The summed E-state index contributed by atoms with van der Waals surface area (Å²) in [4.78, 5) is 0. The Kier molecular flexibility index (Phi) is 3.67. The normalized spacial score (nSPS) is 11.4. The van der Waals surface area contributed by atoms with Gasteiger partial charge in [0.25, 0.3) is 0 Å². The Morgan fingerprint density at radius 3 is 2.56 bits per heavy atom. The zero-order chi connectivity index (χ0) is 12.3. The predicted octanol–water partition coefficient (Wildman–Crippen LogP) is -0.0201. The van der Waals surface area contributed by atoms with Gasteiger partial charge in [0, 0.05) is 24.8 Å². The first-order valence-corrected chi connectivity index (χ1v) is 6.36. The van der Waals surface area contributed by atoms with E-state index in [1.54, 1.807) is 17.8 Å². The van der Waals surface area contributed by atoms with Crippen LogP contribution in [-0.2, 0) is 23.6 Å². The molecule has 0 saturated heterocycles. The molecule has 1 heterocycles. The first kappa shape index (κ1) is 12.7. The van der Waals surface area contributed by atoms with Gasteiger partial charge in [0.1, 0.15) is 0 Å². The molecule has 7 heteroatoms. The summed E-state index contributed by atoms with van der Waals surface area (Å²) in [5.74, 6) is -0.522. The second-order valence-corrected chi connectivity index (χ2v) is 5.32. The number of nitrogens with zero attached hydrogens (tertiary/aromatic N) is 3. The summed E-state index contributed by atoms with van der Waals surface area (Å²) in [5.41, 5.74) is 2.56. The Morgan fingerprint density at radius 2 is 2.12 bits per heavy atom. The summed E-state index contributed by atoms with van der Waals surface area (Å²) in [6, 6.07) is 1.61. The van der Waals surface area contributed by atoms with Gasteiger partial charge in [-0.25, -0.2) is 13.1 Å². The fraction of sp³-hybridized carbons (Fsp3) is 0.556. The molecule has 0 aliphatic carbocycles. The highest BCUT2D eigenvalue weighted by molar-refractivity contribution is 7.89. The molecule has 1 N–H and O–H groups in total. The van der Waals surface area contributed by atoms with Crippen LogP contribution in [0.4, 0.5) is 0 Å². The number of hydrogen-bond donors (Lipinski definition) is 1. The largest absolute Gasteiger partial charge is 0.272 e. The Bertz CT molecular complexity index is 524. The molecule has 0 unspecified atom stereocenters. The van der Waals surface area contributed by atoms with E-state index in [0.717, 1.165) is 17.0 Å². The number of rotatable bonds is 4. The lowest BCUT2D eigenvalue weighted by Gasteiger charge is -2.03. The van der Waals surface area contributed by atoms with Crippen LogP contribution in [0.2, 0.25) is 0 Å². The van der Waals surface area contributed by atoms with Crippen LogP contribution >= 0.6 is 0 Å². The molecule has 0 saturated carbocycles. The van der Waals surface area contributed by atoms with Crippen LogP contribution in [0, 0.1) is 25.2 Å². The number of hydrogen-bond acceptors (Lipinski definition) is 4. The number of aromatic nitrogens is 2. The van der Waals surface area contributed by atoms with Crippen molar-refractivity contribution < 1.29 is 8.42 Å². The van der Waals surface area contributed by atoms with Crippen molar-refractivity contribution in [2.24, 2.45) is 7.05 Å². The minimum atomic E-state index is -3.50. The maximum absolute atomic E-state index is 11.3. The van der Waals surface area contributed by atoms with E-state index in [1.165, 1.54) is 0 Å². The van der Waals surface area contributed by atoms with Gasteiger partial charge in [-0.2, -0.15) is 10.4 Å². The number of nitrogens with one attached hydrogen (secondary N) is 1. The maximum atomic E-state index is 11.3. The first-order chi connectivity index (χ1) is 7.37. The van der Waals surface area contributed by atoms with Crippen molar-refractivity contribution in [3.63, 3.8) is 0 Å². The maximum Gasteiger partial charge on any atom is 0.225 e. The van der Waals surface area contributed by atoms with Crippen LogP contribution in [-0.4, -0.2) is 24.0 Å². The van der Waals surface area contributed by atoms with Crippen molar-refractivity contribution in [1.82, 2.24) is 14.5 Å². The van der Waals surface area contributed by atoms with Crippen LogP contribution in [0.1, 0.15) is 17.0 Å². The third kappa shape index (κ3) is 2.81. The molecule has 0 aliphatic heterocycles. The molecule has 0 fully saturated rings. The van der Waals surface area contributed by atoms with E-state index in [4.69, 9.17) is 5.26 Å². The van der Waals surface area contributed by atoms with Gasteiger partial charge in [-0.1, -0.05) is 0 Å². The van der Waals surface area contributed by atoms with Crippen molar-refractivity contribution in [3.05, 3.63) is 17.0 Å². The molecule has 0 aliphatic rings. The van der Waals surface area contributed by atoms with Crippen molar-refractivity contribution in [2.45, 2.75) is 20.4 Å². The van der Waals surface area contributed by atoms with E-state index < -0.39 is 15.8 Å². The highest BCUT2D eigenvalue weighted by Crippen LogP contribution is 2.11. The first-order valence-electron chi connectivity index (χ1n) is 4.70. The third-order valence-corrected chi connectivity index (χ3v) is 3.48. The average molecular weight is 242 g/mol. The van der Waals surface area contributed by atoms with E-state index in [9.17, 15) is 8.42 Å². The Hall–Kier alpha value is -1.39.